The summed E-state index contributed by atoms with van der Waals surface area (Å²) in [5.41, 5.74) is 4.52. The second-order valence-corrected chi connectivity index (χ2v) is 6.58. The molecule has 0 aliphatic carbocycles. The van der Waals surface area contributed by atoms with Crippen molar-refractivity contribution < 1.29 is 14.3 Å². The lowest BCUT2D eigenvalue weighted by atomic mass is 10.2. The largest absolute Gasteiger partial charge is 0.483 e. The van der Waals surface area contributed by atoms with Crippen molar-refractivity contribution >= 4 is 39.1 Å². The first-order chi connectivity index (χ1) is 12.4. The van der Waals surface area contributed by atoms with Gasteiger partial charge < -0.3 is 10.1 Å². The monoisotopic (exact) mass is 417 g/mol. The number of halogens is 1. The van der Waals surface area contributed by atoms with Crippen molar-refractivity contribution in [2.45, 2.75) is 20.3 Å². The third kappa shape index (κ3) is 6.68. The Morgan fingerprint density at radius 3 is 2.46 bits per heavy atom. The van der Waals surface area contributed by atoms with E-state index in [-0.39, 0.29) is 24.8 Å². The van der Waals surface area contributed by atoms with Gasteiger partial charge in [0.05, 0.1) is 6.42 Å². The van der Waals surface area contributed by atoms with Gasteiger partial charge in [-0.1, -0.05) is 34.1 Å². The predicted octanol–water partition coefficient (Wildman–Crippen LogP) is 3.66. The van der Waals surface area contributed by atoms with E-state index in [1.54, 1.807) is 25.1 Å². The van der Waals surface area contributed by atoms with Crippen LogP contribution in [0.4, 0.5) is 5.69 Å². The van der Waals surface area contributed by atoms with Gasteiger partial charge in [-0.05, 0) is 49.7 Å². The van der Waals surface area contributed by atoms with Gasteiger partial charge in [0.1, 0.15) is 5.75 Å². The summed E-state index contributed by atoms with van der Waals surface area (Å²) in [5.74, 6) is 0.0529. The highest BCUT2D eigenvalue weighted by Gasteiger charge is 2.07. The highest BCUT2D eigenvalue weighted by molar-refractivity contribution is 9.10. The summed E-state index contributed by atoms with van der Waals surface area (Å²) in [5, 5.41) is 6.69. The lowest BCUT2D eigenvalue weighted by Gasteiger charge is -2.08. The second kappa shape index (κ2) is 9.72. The van der Waals surface area contributed by atoms with Crippen LogP contribution in [0, 0.1) is 6.92 Å². The van der Waals surface area contributed by atoms with Crippen molar-refractivity contribution in [3.63, 3.8) is 0 Å². The van der Waals surface area contributed by atoms with Crippen LogP contribution in [0.1, 0.15) is 18.9 Å². The molecule has 7 heteroatoms. The van der Waals surface area contributed by atoms with Gasteiger partial charge in [0, 0.05) is 15.9 Å². The molecular formula is C19H20BrN3O3. The zero-order chi connectivity index (χ0) is 18.9. The van der Waals surface area contributed by atoms with Gasteiger partial charge in [-0.15, -0.1) is 0 Å². The van der Waals surface area contributed by atoms with Gasteiger partial charge >= 0.3 is 0 Å². The molecule has 2 N–H and O–H groups in total. The molecule has 0 aliphatic rings. The number of nitrogens with zero attached hydrogens (tertiary/aromatic N) is 1. The first-order valence-corrected chi connectivity index (χ1v) is 8.79. The summed E-state index contributed by atoms with van der Waals surface area (Å²) in [6.07, 6.45) is 0.0784. The van der Waals surface area contributed by atoms with E-state index in [1.807, 2.05) is 37.3 Å². The average molecular weight is 418 g/mol. The van der Waals surface area contributed by atoms with Crippen molar-refractivity contribution in [2.24, 2.45) is 5.10 Å². The number of anilines is 1. The number of hydrogen-bond donors (Lipinski definition) is 2. The Labute approximate surface area is 160 Å². The van der Waals surface area contributed by atoms with E-state index < -0.39 is 0 Å². The third-order valence-electron chi connectivity index (χ3n) is 3.37. The van der Waals surface area contributed by atoms with Crippen LogP contribution < -0.4 is 15.5 Å². The highest BCUT2D eigenvalue weighted by atomic mass is 79.9. The maximum Gasteiger partial charge on any atom is 0.277 e. The molecule has 26 heavy (non-hydrogen) atoms. The van der Waals surface area contributed by atoms with Crippen molar-refractivity contribution in [3.05, 3.63) is 58.6 Å². The molecule has 0 unspecified atom stereocenters. The number of nitrogens with one attached hydrogen (secondary N) is 2. The fraction of sp³-hybridized carbons (Fsp3) is 0.211. The van der Waals surface area contributed by atoms with Crippen LogP contribution in [0.25, 0.3) is 0 Å². The molecule has 0 spiro atoms. The number of carbonyl (C=O) groups is 2. The first kappa shape index (κ1) is 19.7. The molecule has 0 fully saturated rings. The molecule has 0 radical (unpaired) electrons. The summed E-state index contributed by atoms with van der Waals surface area (Å²) in [6, 6.07) is 14.7. The standard InChI is InChI=1S/C19H20BrN3O3/c1-13-5-3-4-6-17(13)26-12-19(25)23-22-14(2)11-18(24)21-16-9-7-15(20)8-10-16/h3-10H,11-12H2,1-2H3,(H,21,24)(H,23,25)/b22-14-. The molecule has 0 bridgehead atoms. The quantitative estimate of drug-likeness (QED) is 0.532. The number of para-hydroxylation sites is 1. The average Bonchev–Trinajstić information content (AvgIpc) is 2.61. The van der Waals surface area contributed by atoms with E-state index in [2.05, 4.69) is 31.8 Å². The molecule has 136 valence electrons. The van der Waals surface area contributed by atoms with E-state index in [0.29, 0.717) is 17.1 Å². The molecule has 2 aromatic rings. The van der Waals surface area contributed by atoms with E-state index in [1.165, 1.54) is 0 Å². The Balaban J connectivity index is 1.76. The van der Waals surface area contributed by atoms with Crippen LogP contribution in [-0.2, 0) is 9.59 Å². The number of carbonyl (C=O) groups excluding carboxylic acids is 2. The smallest absolute Gasteiger partial charge is 0.277 e. The van der Waals surface area contributed by atoms with Gasteiger partial charge in [0.2, 0.25) is 5.91 Å². The zero-order valence-corrected chi connectivity index (χ0v) is 16.2. The molecule has 6 nitrogen and oxygen atoms in total. The maximum atomic E-state index is 12.0. The molecule has 2 rings (SSSR count). The normalized spacial score (nSPS) is 11.0. The lowest BCUT2D eigenvalue weighted by molar-refractivity contribution is -0.123. The lowest BCUT2D eigenvalue weighted by Crippen LogP contribution is -2.26. The predicted molar refractivity (Wildman–Crippen MR) is 105 cm³/mol. The SMILES string of the molecule is C/C(CC(=O)Nc1ccc(Br)cc1)=N/NC(=O)COc1ccccc1C. The van der Waals surface area contributed by atoms with Gasteiger partial charge in [-0.3, -0.25) is 9.59 Å². The van der Waals surface area contributed by atoms with Crippen molar-refractivity contribution in [2.75, 3.05) is 11.9 Å². The minimum absolute atomic E-state index is 0.0784. The number of rotatable bonds is 7. The fourth-order valence-electron chi connectivity index (χ4n) is 2.06. The minimum Gasteiger partial charge on any atom is -0.483 e. The van der Waals surface area contributed by atoms with Crippen LogP contribution in [0.5, 0.6) is 5.75 Å². The van der Waals surface area contributed by atoms with E-state index in [9.17, 15) is 9.59 Å². The first-order valence-electron chi connectivity index (χ1n) is 8.00. The third-order valence-corrected chi connectivity index (χ3v) is 3.90. The molecule has 2 amide bonds. The molecule has 0 aromatic heterocycles. The van der Waals surface area contributed by atoms with Crippen LogP contribution >= 0.6 is 15.9 Å². The van der Waals surface area contributed by atoms with Gasteiger partial charge in [0.25, 0.3) is 5.91 Å². The highest BCUT2D eigenvalue weighted by Crippen LogP contribution is 2.16. The van der Waals surface area contributed by atoms with E-state index in [4.69, 9.17) is 4.74 Å². The van der Waals surface area contributed by atoms with E-state index in [0.717, 1.165) is 10.0 Å². The Morgan fingerprint density at radius 2 is 1.77 bits per heavy atom. The van der Waals surface area contributed by atoms with E-state index >= 15 is 0 Å². The molecule has 0 saturated heterocycles. The Hall–Kier alpha value is -2.67. The minimum atomic E-state index is -0.388. The topological polar surface area (TPSA) is 79.8 Å². The van der Waals surface area contributed by atoms with Crippen LogP contribution in [-0.4, -0.2) is 24.1 Å². The second-order valence-electron chi connectivity index (χ2n) is 5.67. The van der Waals surface area contributed by atoms with Crippen molar-refractivity contribution in [1.29, 1.82) is 0 Å². The Bertz CT molecular complexity index is 804. The van der Waals surface area contributed by atoms with Gasteiger partial charge in [0.15, 0.2) is 6.61 Å². The Morgan fingerprint density at radius 1 is 1.08 bits per heavy atom. The number of benzene rings is 2. The maximum absolute atomic E-state index is 12.0. The summed E-state index contributed by atoms with van der Waals surface area (Å²) in [6.45, 7) is 3.43. The van der Waals surface area contributed by atoms with Crippen LogP contribution in [0.3, 0.4) is 0 Å². The van der Waals surface area contributed by atoms with Crippen LogP contribution in [0.2, 0.25) is 0 Å². The summed E-state index contributed by atoms with van der Waals surface area (Å²) in [7, 11) is 0. The summed E-state index contributed by atoms with van der Waals surface area (Å²) < 4.78 is 6.37. The van der Waals surface area contributed by atoms with Crippen LogP contribution in [0.15, 0.2) is 58.1 Å². The summed E-state index contributed by atoms with van der Waals surface area (Å²) in [4.78, 5) is 23.8. The molecular weight excluding hydrogens is 398 g/mol. The van der Waals surface area contributed by atoms with Crippen molar-refractivity contribution in [3.8, 4) is 5.75 Å². The number of amides is 2. The summed E-state index contributed by atoms with van der Waals surface area (Å²) >= 11 is 3.34. The molecule has 2 aromatic carbocycles. The van der Waals surface area contributed by atoms with Gasteiger partial charge in [-0.2, -0.15) is 5.10 Å². The number of hydrogen-bond acceptors (Lipinski definition) is 4. The molecule has 0 atom stereocenters. The fourth-order valence-corrected chi connectivity index (χ4v) is 2.33. The number of hydrazone groups is 1. The number of aryl methyl sites for hydroxylation is 1. The molecule has 0 aliphatic heterocycles. The zero-order valence-electron chi connectivity index (χ0n) is 14.6. The van der Waals surface area contributed by atoms with Crippen molar-refractivity contribution in [1.82, 2.24) is 5.43 Å². The molecule has 0 heterocycles. The Kier molecular flexibility index (Phi) is 7.35. The number of ether oxygens (including phenoxy) is 1. The molecule has 0 saturated carbocycles. The van der Waals surface area contributed by atoms with Gasteiger partial charge in [-0.25, -0.2) is 5.43 Å².